The summed E-state index contributed by atoms with van der Waals surface area (Å²) in [6, 6.07) is 7.61. The van der Waals surface area contributed by atoms with Gasteiger partial charge in [0.1, 0.15) is 11.3 Å². The van der Waals surface area contributed by atoms with E-state index in [1.807, 2.05) is 0 Å². The monoisotopic (exact) mass is 536 g/mol. The molecule has 7 nitrogen and oxygen atoms in total. The fourth-order valence-corrected chi connectivity index (χ4v) is 4.98. The molecule has 3 aromatic rings. The quantitative estimate of drug-likeness (QED) is 0.316. The Hall–Kier alpha value is -3.67. The number of carboxylic acid groups (broad SMARTS) is 1. The van der Waals surface area contributed by atoms with Crippen LogP contribution in [0.15, 0.2) is 48.8 Å². The lowest BCUT2D eigenvalue weighted by Crippen LogP contribution is -2.45. The van der Waals surface area contributed by atoms with Crippen LogP contribution in [-0.2, 0) is 16.6 Å². The predicted octanol–water partition coefficient (Wildman–Crippen LogP) is 6.34. The highest BCUT2D eigenvalue weighted by Crippen LogP contribution is 2.49. The van der Waals surface area contributed by atoms with Crippen LogP contribution in [0.1, 0.15) is 56.5 Å². The molecule has 1 fully saturated rings. The minimum atomic E-state index is -4.70. The van der Waals surface area contributed by atoms with Gasteiger partial charge in [0.05, 0.1) is 11.6 Å². The van der Waals surface area contributed by atoms with E-state index in [1.165, 1.54) is 18.3 Å². The van der Waals surface area contributed by atoms with Gasteiger partial charge in [-0.1, -0.05) is 19.9 Å². The van der Waals surface area contributed by atoms with Crippen molar-refractivity contribution >= 4 is 17.6 Å². The molecule has 1 saturated carbocycles. The van der Waals surface area contributed by atoms with Gasteiger partial charge in [0.15, 0.2) is 0 Å². The van der Waals surface area contributed by atoms with E-state index in [0.717, 1.165) is 12.3 Å². The smallest absolute Gasteiger partial charge is 0.433 e. The zero-order valence-corrected chi connectivity index (χ0v) is 20.4. The van der Waals surface area contributed by atoms with Gasteiger partial charge in [0, 0.05) is 29.2 Å². The summed E-state index contributed by atoms with van der Waals surface area (Å²) >= 11 is 0. The minimum Gasteiger partial charge on any atom is -0.481 e. The maximum absolute atomic E-state index is 13.6. The molecule has 202 valence electrons. The van der Waals surface area contributed by atoms with Gasteiger partial charge in [0.2, 0.25) is 5.95 Å². The van der Waals surface area contributed by atoms with Crippen LogP contribution in [0.4, 0.5) is 33.6 Å². The minimum absolute atomic E-state index is 0.0496. The molecule has 1 aliphatic rings. The Balaban J connectivity index is 1.62. The van der Waals surface area contributed by atoms with Crippen molar-refractivity contribution in [3.8, 4) is 11.1 Å². The second-order valence-electron chi connectivity index (χ2n) is 10.1. The third kappa shape index (κ3) is 5.74. The molecule has 38 heavy (non-hydrogen) atoms. The highest BCUT2D eigenvalue weighted by Gasteiger charge is 2.48. The molecule has 0 aliphatic heterocycles. The van der Waals surface area contributed by atoms with Crippen LogP contribution in [0.3, 0.4) is 0 Å². The van der Waals surface area contributed by atoms with Gasteiger partial charge in [-0.2, -0.15) is 13.2 Å². The summed E-state index contributed by atoms with van der Waals surface area (Å²) in [7, 11) is 0. The van der Waals surface area contributed by atoms with Crippen molar-refractivity contribution < 1.29 is 37.0 Å². The van der Waals surface area contributed by atoms with Crippen LogP contribution in [0.25, 0.3) is 11.1 Å². The summed E-state index contributed by atoms with van der Waals surface area (Å²) in [6.45, 7) is 3.56. The standard InChI is InChI=1S/C26H25F5N4O3/c1-24(2)13-25(38,7-5-18(24)22(36)37)19-4-3-14(12-33-19)15-9-16(21(27)28)11-17(10-15)34-23-32-8-6-20(35-23)26(29,30)31/h3-4,6,8-12,18,21,38H,5,7,13H2,1-2H3,(H,36,37)(H,32,34,35)/t18-,25-/m0/s1. The van der Waals surface area contributed by atoms with E-state index in [-0.39, 0.29) is 30.5 Å². The molecule has 0 spiro atoms. The van der Waals surface area contributed by atoms with Crippen LogP contribution >= 0.6 is 0 Å². The zero-order valence-electron chi connectivity index (χ0n) is 20.4. The Morgan fingerprint density at radius 1 is 1.11 bits per heavy atom. The number of halogens is 5. The zero-order chi connectivity index (χ0) is 27.9. The van der Waals surface area contributed by atoms with Gasteiger partial charge >= 0.3 is 12.1 Å². The molecule has 12 heteroatoms. The summed E-state index contributed by atoms with van der Waals surface area (Å²) in [5.74, 6) is -1.93. The molecule has 2 heterocycles. The summed E-state index contributed by atoms with van der Waals surface area (Å²) in [6.07, 6.45) is -4.60. The number of hydrogen-bond donors (Lipinski definition) is 3. The molecule has 4 rings (SSSR count). The van der Waals surface area contributed by atoms with Crippen molar-refractivity contribution in [3.05, 3.63) is 65.7 Å². The normalized spacial score (nSPS) is 21.3. The molecule has 0 unspecified atom stereocenters. The number of nitrogens with zero attached hydrogens (tertiary/aromatic N) is 3. The average Bonchev–Trinajstić information content (AvgIpc) is 2.82. The van der Waals surface area contributed by atoms with E-state index in [1.54, 1.807) is 26.0 Å². The van der Waals surface area contributed by atoms with Crippen molar-refractivity contribution in [2.45, 2.75) is 51.3 Å². The highest BCUT2D eigenvalue weighted by atomic mass is 19.4. The number of hydrogen-bond acceptors (Lipinski definition) is 6. The Bertz CT molecular complexity index is 1330. The molecular weight excluding hydrogens is 511 g/mol. The molecule has 0 radical (unpaired) electrons. The van der Waals surface area contributed by atoms with Crippen LogP contribution in [0.2, 0.25) is 0 Å². The molecule has 2 atom stereocenters. The first-order valence-electron chi connectivity index (χ1n) is 11.7. The Kier molecular flexibility index (Phi) is 7.13. The fraction of sp³-hybridized carbons (Fsp3) is 0.385. The molecule has 1 aromatic carbocycles. The number of alkyl halides is 5. The number of carbonyl (C=O) groups is 1. The highest BCUT2D eigenvalue weighted by molar-refractivity contribution is 5.72. The van der Waals surface area contributed by atoms with E-state index < -0.39 is 47.1 Å². The maximum atomic E-state index is 13.6. The average molecular weight is 537 g/mol. The van der Waals surface area contributed by atoms with Crippen molar-refractivity contribution in [1.29, 1.82) is 0 Å². The summed E-state index contributed by atoms with van der Waals surface area (Å²) in [4.78, 5) is 23.1. The van der Waals surface area contributed by atoms with Crippen molar-refractivity contribution in [2.24, 2.45) is 11.3 Å². The second-order valence-corrected chi connectivity index (χ2v) is 10.1. The number of benzene rings is 1. The predicted molar refractivity (Wildman–Crippen MR) is 128 cm³/mol. The van der Waals surface area contributed by atoms with Crippen molar-refractivity contribution in [3.63, 3.8) is 0 Å². The van der Waals surface area contributed by atoms with E-state index in [9.17, 15) is 37.0 Å². The number of nitrogens with one attached hydrogen (secondary N) is 1. The van der Waals surface area contributed by atoms with E-state index in [4.69, 9.17) is 0 Å². The fourth-order valence-electron chi connectivity index (χ4n) is 4.98. The number of carboxylic acids is 1. The molecule has 3 N–H and O–H groups in total. The number of aromatic nitrogens is 3. The van der Waals surface area contributed by atoms with E-state index in [0.29, 0.717) is 22.9 Å². The lowest BCUT2D eigenvalue weighted by Gasteiger charge is -2.44. The van der Waals surface area contributed by atoms with Crippen LogP contribution < -0.4 is 5.32 Å². The molecule has 2 aromatic heterocycles. The SMILES string of the molecule is CC1(C)C[C@](O)(c2ccc(-c3cc(Nc4nccc(C(F)(F)F)n4)cc(C(F)F)c3)cn2)CC[C@H]1C(=O)O. The van der Waals surface area contributed by atoms with Gasteiger partial charge < -0.3 is 15.5 Å². The number of pyridine rings is 1. The summed E-state index contributed by atoms with van der Waals surface area (Å²) in [5, 5.41) is 23.3. The number of aliphatic carboxylic acids is 1. The second kappa shape index (κ2) is 9.90. The largest absolute Gasteiger partial charge is 0.481 e. The maximum Gasteiger partial charge on any atom is 0.433 e. The first-order valence-corrected chi connectivity index (χ1v) is 11.7. The van der Waals surface area contributed by atoms with Gasteiger partial charge in [-0.15, -0.1) is 0 Å². The molecule has 1 aliphatic carbocycles. The van der Waals surface area contributed by atoms with Gasteiger partial charge in [-0.3, -0.25) is 9.78 Å². The van der Waals surface area contributed by atoms with E-state index in [2.05, 4.69) is 20.3 Å². The molecule has 0 amide bonds. The molecule has 0 saturated heterocycles. The van der Waals surface area contributed by atoms with Gasteiger partial charge in [-0.05, 0) is 60.6 Å². The number of anilines is 2. The third-order valence-corrected chi connectivity index (χ3v) is 6.82. The topological polar surface area (TPSA) is 108 Å². The van der Waals surface area contributed by atoms with E-state index >= 15 is 0 Å². The van der Waals surface area contributed by atoms with Gasteiger partial charge in [-0.25, -0.2) is 18.7 Å². The first kappa shape index (κ1) is 27.4. The lowest BCUT2D eigenvalue weighted by molar-refractivity contribution is -0.154. The van der Waals surface area contributed by atoms with Crippen LogP contribution in [0.5, 0.6) is 0 Å². The first-order chi connectivity index (χ1) is 17.7. The third-order valence-electron chi connectivity index (χ3n) is 6.82. The Morgan fingerprint density at radius 3 is 2.42 bits per heavy atom. The lowest BCUT2D eigenvalue weighted by atomic mass is 9.62. The van der Waals surface area contributed by atoms with Gasteiger partial charge in [0.25, 0.3) is 6.43 Å². The Morgan fingerprint density at radius 2 is 1.84 bits per heavy atom. The Labute approximate surface area is 214 Å². The summed E-state index contributed by atoms with van der Waals surface area (Å²) < 4.78 is 66.2. The van der Waals surface area contributed by atoms with Crippen LogP contribution in [0, 0.1) is 11.3 Å². The molecular formula is C26H25F5N4O3. The number of rotatable bonds is 6. The van der Waals surface area contributed by atoms with Crippen molar-refractivity contribution in [1.82, 2.24) is 15.0 Å². The summed E-state index contributed by atoms with van der Waals surface area (Å²) in [5.41, 5.74) is -2.49. The molecule has 0 bridgehead atoms. The van der Waals surface area contributed by atoms with Crippen molar-refractivity contribution in [2.75, 3.05) is 5.32 Å². The van der Waals surface area contributed by atoms with Crippen LogP contribution in [-0.4, -0.2) is 31.1 Å². The number of aliphatic hydroxyl groups is 1.